The summed E-state index contributed by atoms with van der Waals surface area (Å²) in [5.41, 5.74) is 10.8. The van der Waals surface area contributed by atoms with E-state index in [2.05, 4.69) is 29.9 Å². The molecule has 14 N–H and O–H groups in total. The molecule has 5 unspecified atom stereocenters. The Labute approximate surface area is 347 Å². The van der Waals surface area contributed by atoms with Crippen molar-refractivity contribution in [3.05, 3.63) is 29.3 Å². The first kappa shape index (κ1) is 46.6. The number of ether oxygens (including phenoxy) is 2. The molecule has 0 radical (unpaired) electrons. The summed E-state index contributed by atoms with van der Waals surface area (Å²) in [6.45, 7) is -25.9. The lowest BCUT2D eigenvalue weighted by Crippen LogP contribution is -2.33. The Balaban J connectivity index is 1.01. The maximum Gasteiger partial charge on any atom is 0.339 e. The van der Waals surface area contributed by atoms with E-state index in [4.69, 9.17) is 106 Å². The van der Waals surface area contributed by atoms with Crippen LogP contribution >= 0.6 is 33.6 Å². The zero-order valence-electron chi connectivity index (χ0n) is 28.0. The van der Waals surface area contributed by atoms with E-state index in [1.165, 1.54) is 10.9 Å². The molecule has 2 aliphatic rings. The summed E-state index contributed by atoms with van der Waals surface area (Å²) in [5, 5.41) is 42.4. The van der Waals surface area contributed by atoms with Gasteiger partial charge in [0.15, 0.2) is 35.1 Å². The van der Waals surface area contributed by atoms with Gasteiger partial charge in [0.05, 0.1) is 25.9 Å². The molecule has 13 atom stereocenters. The van der Waals surface area contributed by atoms with Gasteiger partial charge in [-0.05, 0) is 59.0 Å². The molecule has 58 heavy (non-hydrogen) atoms. The van der Waals surface area contributed by atoms with Crippen molar-refractivity contribution >= 4 is 127 Å². The van der Waals surface area contributed by atoms with Gasteiger partial charge < -0.3 is 74.9 Å². The monoisotopic (exact) mass is 1010 g/mol. The first-order chi connectivity index (χ1) is 26.8. The average molecular weight is 1010 g/mol. The SMILES string of the molecule is Nc1nc2c(ncn2[C@@H]2O[C@H](COP(O)(=S)OP(O)(=S)OP(O)(=S)OP(O)(=S)OP(O)(=S)OC[C@H]3O[C@@H](n4cnc5c(N)ncnc54)[C@H](O)[C@@H]3O)[C@@H](O)[C@H]2O)c(=O)[nH]1. The molecule has 6 heterocycles. The highest BCUT2D eigenvalue weighted by Gasteiger charge is 2.47. The number of H-pyrrole nitrogens is 1. The average Bonchev–Trinajstić information content (AvgIpc) is 3.83. The summed E-state index contributed by atoms with van der Waals surface area (Å²) in [4.78, 5) is 87.0. The van der Waals surface area contributed by atoms with Crippen molar-refractivity contribution in [2.75, 3.05) is 24.7 Å². The molecule has 4 aromatic heterocycles. The summed E-state index contributed by atoms with van der Waals surface area (Å²) in [6.07, 6.45) is -8.65. The van der Waals surface area contributed by atoms with E-state index in [0.717, 1.165) is 17.2 Å². The summed E-state index contributed by atoms with van der Waals surface area (Å²) in [5.74, 6) is -0.236. The molecule has 2 saturated heterocycles. The van der Waals surface area contributed by atoms with Gasteiger partial charge in [-0.1, -0.05) is 0 Å². The second-order valence-corrected chi connectivity index (χ2v) is 26.4. The molecular weight excluding hydrogens is 983 g/mol. The third-order valence-electron chi connectivity index (χ3n) is 7.69. The highest BCUT2D eigenvalue weighted by Crippen LogP contribution is 2.74. The molecule has 4 aromatic rings. The van der Waals surface area contributed by atoms with Crippen LogP contribution in [0.2, 0.25) is 0 Å². The Morgan fingerprint density at radius 3 is 1.57 bits per heavy atom. The van der Waals surface area contributed by atoms with Gasteiger partial charge in [-0.25, -0.2) is 37.2 Å². The lowest BCUT2D eigenvalue weighted by Gasteiger charge is -2.28. The van der Waals surface area contributed by atoms with Gasteiger partial charge in [-0.3, -0.25) is 18.9 Å². The van der Waals surface area contributed by atoms with Gasteiger partial charge in [-0.15, -0.1) is 0 Å². The van der Waals surface area contributed by atoms with Gasteiger partial charge in [0.1, 0.15) is 48.5 Å². The van der Waals surface area contributed by atoms with E-state index in [1.54, 1.807) is 0 Å². The molecule has 0 saturated carbocycles. The van der Waals surface area contributed by atoms with E-state index in [1.807, 2.05) is 0 Å². The highest BCUT2D eigenvalue weighted by atomic mass is 32.5. The van der Waals surface area contributed by atoms with Crippen LogP contribution in [-0.4, -0.2) is 134 Å². The van der Waals surface area contributed by atoms with Crippen LogP contribution in [0.25, 0.3) is 22.3 Å². The van der Waals surface area contributed by atoms with Crippen molar-refractivity contribution in [2.24, 2.45) is 0 Å². The number of nitrogen functional groups attached to an aromatic ring is 2. The molecule has 28 nitrogen and oxygen atoms in total. The molecule has 0 amide bonds. The fourth-order valence-electron chi connectivity index (χ4n) is 5.33. The molecule has 6 rings (SSSR count). The molecular formula is C20H29N10O18P5S5. The van der Waals surface area contributed by atoms with Crippen LogP contribution in [0.1, 0.15) is 12.5 Å². The van der Waals surface area contributed by atoms with Crippen molar-refractivity contribution in [3.63, 3.8) is 0 Å². The summed E-state index contributed by atoms with van der Waals surface area (Å²) in [7, 11) is 0. The molecule has 0 aromatic carbocycles. The molecule has 0 bridgehead atoms. The maximum absolute atomic E-state index is 12.1. The van der Waals surface area contributed by atoms with Crippen molar-refractivity contribution in [2.45, 2.75) is 49.1 Å². The number of hydrogen-bond donors (Lipinski definition) is 12. The van der Waals surface area contributed by atoms with Crippen LogP contribution in [0, 0.1) is 0 Å². The standard InChI is InChI=1S/C20H29N10O18P5S5/c21-14-8-15(24-3-23-14)29(4-25-8)18-12(33)10(31)6(43-18)1-41-49(36,54)45-51(38,56)47-53(40,58)48-52(39,57)46-50(37,55)42-2-7-11(32)13(34)19(44-7)30-5-26-9-16(30)27-20(22)28-17(9)35/h3-7,10-13,18-19,31-34H,1-2H2,(H,36,54)(H,37,55)(H,38,56)(H,39,57)(H,40,58)(H2,21,23,24)(H3,22,27,28,35)/t6-,7-,10-,11-,12-,13-,18-,19-,49?,50?,51?,52?,53?/m1/s1. The third kappa shape index (κ3) is 10.6. The molecule has 2 aliphatic heterocycles. The number of nitrogens with two attached hydrogens (primary N) is 2. The number of fused-ring (bicyclic) bond motifs is 2. The van der Waals surface area contributed by atoms with E-state index in [-0.39, 0.29) is 34.1 Å². The molecule has 38 heteroatoms. The van der Waals surface area contributed by atoms with Gasteiger partial charge in [0.25, 0.3) is 5.56 Å². The highest BCUT2D eigenvalue weighted by molar-refractivity contribution is 8.20. The van der Waals surface area contributed by atoms with Crippen molar-refractivity contribution in [1.82, 2.24) is 39.0 Å². The lowest BCUT2D eigenvalue weighted by atomic mass is 10.1. The Bertz CT molecular complexity index is 2520. The second-order valence-electron chi connectivity index (χ2n) is 11.7. The first-order valence-electron chi connectivity index (χ1n) is 15.2. The van der Waals surface area contributed by atoms with Crippen molar-refractivity contribution < 1.29 is 80.7 Å². The predicted molar refractivity (Wildman–Crippen MR) is 213 cm³/mol. The van der Waals surface area contributed by atoms with E-state index < -0.39 is 101 Å². The van der Waals surface area contributed by atoms with Crippen LogP contribution in [0.5, 0.6) is 0 Å². The van der Waals surface area contributed by atoms with E-state index in [9.17, 15) is 49.7 Å². The minimum absolute atomic E-state index is 0.0386. The van der Waals surface area contributed by atoms with E-state index in [0.29, 0.717) is 0 Å². The molecule has 0 aliphatic carbocycles. The van der Waals surface area contributed by atoms with Crippen LogP contribution in [0.3, 0.4) is 0 Å². The number of hydrogen-bond acceptors (Lipinski definition) is 25. The number of rotatable bonds is 16. The van der Waals surface area contributed by atoms with E-state index >= 15 is 0 Å². The van der Waals surface area contributed by atoms with Gasteiger partial charge in [0.2, 0.25) is 5.95 Å². The lowest BCUT2D eigenvalue weighted by molar-refractivity contribution is -0.0485. The number of nitrogens with one attached hydrogen (secondary N) is 1. The van der Waals surface area contributed by atoms with Crippen LogP contribution in [0.4, 0.5) is 11.8 Å². The summed E-state index contributed by atoms with van der Waals surface area (Å²) >= 11 is 23.9. The zero-order valence-corrected chi connectivity index (χ0v) is 36.6. The number of nitrogens with zero attached hydrogens (tertiary/aromatic N) is 7. The van der Waals surface area contributed by atoms with Crippen LogP contribution in [-0.2, 0) is 94.8 Å². The van der Waals surface area contributed by atoms with Crippen LogP contribution < -0.4 is 17.0 Å². The number of aliphatic hydroxyl groups excluding tert-OH is 4. The number of imidazole rings is 2. The molecule has 322 valence electrons. The predicted octanol–water partition coefficient (Wildman–Crippen LogP) is -2.45. The summed E-state index contributed by atoms with van der Waals surface area (Å²) < 4.78 is 43.0. The minimum Gasteiger partial charge on any atom is -0.387 e. The van der Waals surface area contributed by atoms with Gasteiger partial charge in [-0.2, -0.15) is 4.98 Å². The number of aromatic nitrogens is 8. The Morgan fingerprint density at radius 1 is 0.655 bits per heavy atom. The van der Waals surface area contributed by atoms with Crippen LogP contribution in [0.15, 0.2) is 23.8 Å². The quantitative estimate of drug-likeness (QED) is 0.0518. The third-order valence-corrected chi connectivity index (χ3v) is 20.7. The normalized spacial score (nSPS) is 30.4. The largest absolute Gasteiger partial charge is 0.387 e. The van der Waals surface area contributed by atoms with Crippen molar-refractivity contribution in [3.8, 4) is 0 Å². The molecule has 2 fully saturated rings. The number of aromatic amines is 1. The summed E-state index contributed by atoms with van der Waals surface area (Å²) in [6, 6.07) is 0. The number of anilines is 2. The Kier molecular flexibility index (Phi) is 13.9. The smallest absolute Gasteiger partial charge is 0.339 e. The zero-order chi connectivity index (χ0) is 42.7. The first-order valence-corrected chi connectivity index (χ1v) is 28.2. The van der Waals surface area contributed by atoms with Gasteiger partial charge in [0, 0.05) is 0 Å². The maximum atomic E-state index is 12.1. The minimum atomic E-state index is -5.03. The second kappa shape index (κ2) is 17.3. The fraction of sp³-hybridized carbons (Fsp3) is 0.500. The Morgan fingerprint density at radius 2 is 1.09 bits per heavy atom. The van der Waals surface area contributed by atoms with Crippen molar-refractivity contribution in [1.29, 1.82) is 0 Å². The molecule has 0 spiro atoms. The fourth-order valence-corrected chi connectivity index (χ4v) is 20.1. The number of aliphatic hydroxyl groups is 4. The topological polar surface area (TPSA) is 415 Å². The Hall–Kier alpha value is -0.930. The van der Waals surface area contributed by atoms with Gasteiger partial charge >= 0.3 is 33.6 Å².